The molecule has 1 aromatic heterocycles. The van der Waals surface area contributed by atoms with E-state index in [4.69, 9.17) is 0 Å². The van der Waals surface area contributed by atoms with Crippen molar-refractivity contribution in [1.82, 2.24) is 10.6 Å². The summed E-state index contributed by atoms with van der Waals surface area (Å²) in [5.41, 5.74) is 1.48. The lowest BCUT2D eigenvalue weighted by Crippen LogP contribution is -2.37. The molecule has 0 saturated carbocycles. The van der Waals surface area contributed by atoms with Crippen LogP contribution in [0.5, 0.6) is 5.75 Å². The molecule has 0 amide bonds. The normalized spacial score (nSPS) is 12.1. The smallest absolute Gasteiger partial charge is 0.405 e. The molecule has 0 fully saturated rings. The van der Waals surface area contributed by atoms with E-state index < -0.39 is 6.36 Å². The first-order valence-electron chi connectivity index (χ1n) is 7.35. The highest BCUT2D eigenvalue weighted by molar-refractivity contribution is 7.07. The van der Waals surface area contributed by atoms with Crippen LogP contribution in [-0.2, 0) is 13.1 Å². The summed E-state index contributed by atoms with van der Waals surface area (Å²) in [5, 5.41) is 10.1. The number of halogens is 3. The van der Waals surface area contributed by atoms with Crippen LogP contribution in [0.25, 0.3) is 0 Å². The van der Waals surface area contributed by atoms with E-state index in [1.807, 2.05) is 23.8 Å². The number of nitrogens with one attached hydrogen (secondary N) is 2. The third-order valence-corrected chi connectivity index (χ3v) is 3.72. The average Bonchev–Trinajstić information content (AvgIpc) is 3.03. The number of rotatable bonds is 6. The van der Waals surface area contributed by atoms with Crippen LogP contribution in [0.15, 0.2) is 46.1 Å². The maximum atomic E-state index is 12.4. The molecule has 0 aliphatic heterocycles. The van der Waals surface area contributed by atoms with Crippen molar-refractivity contribution in [2.24, 2.45) is 4.99 Å². The maximum Gasteiger partial charge on any atom is 0.573 e. The minimum Gasteiger partial charge on any atom is -0.405 e. The summed E-state index contributed by atoms with van der Waals surface area (Å²) in [5.74, 6) is 0.316. The van der Waals surface area contributed by atoms with E-state index in [1.54, 1.807) is 23.5 Å². The predicted molar refractivity (Wildman–Crippen MR) is 89.1 cm³/mol. The van der Waals surface area contributed by atoms with E-state index in [0.717, 1.165) is 5.56 Å². The molecular formula is C16H18F3N3OS. The van der Waals surface area contributed by atoms with Gasteiger partial charge in [0.25, 0.3) is 0 Å². The van der Waals surface area contributed by atoms with Gasteiger partial charge in [0.2, 0.25) is 0 Å². The quantitative estimate of drug-likeness (QED) is 0.609. The predicted octanol–water partition coefficient (Wildman–Crippen LogP) is 3.90. The lowest BCUT2D eigenvalue weighted by molar-refractivity contribution is -0.274. The highest BCUT2D eigenvalue weighted by atomic mass is 32.1. The Kier molecular flexibility index (Phi) is 6.48. The number of hydrogen-bond acceptors (Lipinski definition) is 3. The Labute approximate surface area is 142 Å². The van der Waals surface area contributed by atoms with Crippen LogP contribution in [0.4, 0.5) is 13.2 Å². The zero-order chi connectivity index (χ0) is 17.4. The van der Waals surface area contributed by atoms with E-state index in [-0.39, 0.29) is 12.3 Å². The van der Waals surface area contributed by atoms with Crippen molar-refractivity contribution in [2.75, 3.05) is 6.54 Å². The van der Waals surface area contributed by atoms with Crippen LogP contribution in [-0.4, -0.2) is 18.9 Å². The van der Waals surface area contributed by atoms with Gasteiger partial charge in [-0.1, -0.05) is 18.2 Å². The van der Waals surface area contributed by atoms with Crippen molar-refractivity contribution in [2.45, 2.75) is 26.4 Å². The van der Waals surface area contributed by atoms with Crippen LogP contribution < -0.4 is 15.4 Å². The van der Waals surface area contributed by atoms with Crippen LogP contribution in [0, 0.1) is 0 Å². The van der Waals surface area contributed by atoms with Crippen LogP contribution in [0.1, 0.15) is 18.1 Å². The Balaban J connectivity index is 2.02. The van der Waals surface area contributed by atoms with E-state index in [9.17, 15) is 13.2 Å². The molecular weight excluding hydrogens is 339 g/mol. The highest BCUT2D eigenvalue weighted by Gasteiger charge is 2.31. The third-order valence-electron chi connectivity index (χ3n) is 2.99. The van der Waals surface area contributed by atoms with E-state index in [2.05, 4.69) is 20.4 Å². The summed E-state index contributed by atoms with van der Waals surface area (Å²) in [6.45, 7) is 3.24. The summed E-state index contributed by atoms with van der Waals surface area (Å²) in [6.07, 6.45) is -4.71. The molecule has 4 nitrogen and oxygen atoms in total. The first kappa shape index (κ1) is 18.1. The topological polar surface area (TPSA) is 45.7 Å². The summed E-state index contributed by atoms with van der Waals surface area (Å²) < 4.78 is 41.4. The van der Waals surface area contributed by atoms with Crippen molar-refractivity contribution in [1.29, 1.82) is 0 Å². The minimum absolute atomic E-state index is 0.168. The van der Waals surface area contributed by atoms with Gasteiger partial charge in [-0.25, -0.2) is 4.99 Å². The fourth-order valence-corrected chi connectivity index (χ4v) is 2.61. The Morgan fingerprint density at radius 3 is 2.67 bits per heavy atom. The molecule has 1 heterocycles. The molecule has 0 radical (unpaired) electrons. The molecule has 2 N–H and O–H groups in total. The number of benzene rings is 1. The first-order valence-corrected chi connectivity index (χ1v) is 8.29. The molecule has 24 heavy (non-hydrogen) atoms. The molecule has 0 saturated heterocycles. The SMILES string of the molecule is CCNC(=NCc1ccsc1)NCc1ccccc1OC(F)(F)F. The van der Waals surface area contributed by atoms with Gasteiger partial charge >= 0.3 is 6.36 Å². The van der Waals surface area contributed by atoms with E-state index in [0.29, 0.717) is 24.6 Å². The molecule has 0 bridgehead atoms. The molecule has 0 aliphatic carbocycles. The number of thiophene rings is 1. The van der Waals surface area contributed by atoms with Gasteiger partial charge in [-0.3, -0.25) is 0 Å². The number of aliphatic imine (C=N–C) groups is 1. The van der Waals surface area contributed by atoms with Gasteiger partial charge in [-0.05, 0) is 35.4 Å². The average molecular weight is 357 g/mol. The minimum atomic E-state index is -4.71. The third kappa shape index (κ3) is 6.11. The first-order chi connectivity index (χ1) is 11.5. The second kappa shape index (κ2) is 8.58. The van der Waals surface area contributed by atoms with Gasteiger partial charge in [0.15, 0.2) is 5.96 Å². The van der Waals surface area contributed by atoms with Crippen LogP contribution >= 0.6 is 11.3 Å². The van der Waals surface area contributed by atoms with Gasteiger partial charge in [-0.2, -0.15) is 11.3 Å². The van der Waals surface area contributed by atoms with Gasteiger partial charge in [0.05, 0.1) is 6.54 Å². The van der Waals surface area contributed by atoms with Crippen molar-refractivity contribution in [3.63, 3.8) is 0 Å². The van der Waals surface area contributed by atoms with Gasteiger partial charge in [0, 0.05) is 18.7 Å². The molecule has 0 spiro atoms. The zero-order valence-corrected chi connectivity index (χ0v) is 13.9. The largest absolute Gasteiger partial charge is 0.573 e. The lowest BCUT2D eigenvalue weighted by Gasteiger charge is -2.15. The zero-order valence-electron chi connectivity index (χ0n) is 13.1. The van der Waals surface area contributed by atoms with Crippen molar-refractivity contribution in [3.8, 4) is 5.75 Å². The van der Waals surface area contributed by atoms with Gasteiger partial charge in [-0.15, -0.1) is 13.2 Å². The molecule has 0 aliphatic rings. The monoisotopic (exact) mass is 357 g/mol. The second-order valence-corrected chi connectivity index (χ2v) is 5.62. The summed E-state index contributed by atoms with van der Waals surface area (Å²) in [7, 11) is 0. The van der Waals surface area contributed by atoms with Gasteiger partial charge < -0.3 is 15.4 Å². The second-order valence-electron chi connectivity index (χ2n) is 4.84. The van der Waals surface area contributed by atoms with Crippen molar-refractivity contribution in [3.05, 3.63) is 52.2 Å². The van der Waals surface area contributed by atoms with Gasteiger partial charge in [0.1, 0.15) is 5.75 Å². The highest BCUT2D eigenvalue weighted by Crippen LogP contribution is 2.26. The van der Waals surface area contributed by atoms with Crippen molar-refractivity contribution >= 4 is 17.3 Å². The van der Waals surface area contributed by atoms with Crippen LogP contribution in [0.3, 0.4) is 0 Å². The number of hydrogen-bond donors (Lipinski definition) is 2. The summed E-state index contributed by atoms with van der Waals surface area (Å²) in [6, 6.07) is 8.01. The Morgan fingerprint density at radius 2 is 2.00 bits per heavy atom. The Bertz CT molecular complexity index is 657. The number of nitrogens with zero attached hydrogens (tertiary/aromatic N) is 1. The Morgan fingerprint density at radius 1 is 1.21 bits per heavy atom. The summed E-state index contributed by atoms with van der Waals surface area (Å²) in [4.78, 5) is 4.41. The van der Waals surface area contributed by atoms with E-state index >= 15 is 0 Å². The maximum absolute atomic E-state index is 12.4. The number of guanidine groups is 1. The van der Waals surface area contributed by atoms with Crippen molar-refractivity contribution < 1.29 is 17.9 Å². The molecule has 0 atom stereocenters. The molecule has 8 heteroatoms. The lowest BCUT2D eigenvalue weighted by atomic mass is 10.2. The Hall–Kier alpha value is -2.22. The number of para-hydroxylation sites is 1. The molecule has 2 rings (SSSR count). The molecule has 1 aromatic carbocycles. The van der Waals surface area contributed by atoms with E-state index in [1.165, 1.54) is 12.1 Å². The molecule has 2 aromatic rings. The number of ether oxygens (including phenoxy) is 1. The molecule has 130 valence electrons. The number of alkyl halides is 3. The molecule has 0 unspecified atom stereocenters. The fourth-order valence-electron chi connectivity index (χ4n) is 1.95. The summed E-state index contributed by atoms with van der Waals surface area (Å²) >= 11 is 1.59. The fraction of sp³-hybridized carbons (Fsp3) is 0.312. The van der Waals surface area contributed by atoms with Crippen LogP contribution in [0.2, 0.25) is 0 Å². The standard InChI is InChI=1S/C16H18F3N3OS/c1-2-20-15(21-9-12-7-8-24-11-12)22-10-13-5-3-4-6-14(13)23-16(17,18)19/h3-8,11H,2,9-10H2,1H3,(H2,20,21,22).